The van der Waals surface area contributed by atoms with E-state index in [1.54, 1.807) is 18.2 Å². The molecule has 0 aliphatic heterocycles. The number of hydrogen-bond donors (Lipinski definition) is 0. The molecular formula is C11H11NO3S. The van der Waals surface area contributed by atoms with Crippen LogP contribution in [0.3, 0.4) is 0 Å². The highest BCUT2D eigenvalue weighted by molar-refractivity contribution is 7.99. The molecule has 0 saturated carbocycles. The summed E-state index contributed by atoms with van der Waals surface area (Å²) in [5, 5.41) is 8.50. The molecule has 1 rings (SSSR count). The van der Waals surface area contributed by atoms with E-state index in [9.17, 15) is 4.79 Å². The van der Waals surface area contributed by atoms with Gasteiger partial charge in [-0.05, 0) is 18.2 Å². The maximum absolute atomic E-state index is 11.5. The number of thioether (sulfide) groups is 1. The van der Waals surface area contributed by atoms with Gasteiger partial charge in [0.15, 0.2) is 0 Å². The minimum atomic E-state index is -0.431. The summed E-state index contributed by atoms with van der Waals surface area (Å²) in [6, 6.07) is 7.10. The Morgan fingerprint density at radius 2 is 2.25 bits per heavy atom. The topological polar surface area (TPSA) is 59.3 Å². The van der Waals surface area contributed by atoms with Gasteiger partial charge in [0, 0.05) is 4.90 Å². The van der Waals surface area contributed by atoms with Crippen molar-refractivity contribution in [1.29, 1.82) is 5.26 Å². The highest BCUT2D eigenvalue weighted by Gasteiger charge is 2.13. The van der Waals surface area contributed by atoms with Crippen molar-refractivity contribution in [2.24, 2.45) is 0 Å². The predicted octanol–water partition coefficient (Wildman–Crippen LogP) is 2.10. The van der Waals surface area contributed by atoms with Crippen LogP contribution in [0.15, 0.2) is 23.1 Å². The molecule has 0 heterocycles. The predicted molar refractivity (Wildman–Crippen MR) is 60.7 cm³/mol. The fourth-order valence-corrected chi connectivity index (χ4v) is 1.82. The number of esters is 1. The third kappa shape index (κ3) is 2.91. The lowest BCUT2D eigenvalue weighted by Crippen LogP contribution is -2.03. The first-order valence-corrected chi connectivity index (χ1v) is 5.47. The molecular weight excluding hydrogens is 226 g/mol. The molecule has 84 valence electrons. The number of carbonyl (C=O) groups excluding carboxylic acids is 1. The number of nitrogens with zero attached hydrogens (tertiary/aromatic N) is 1. The Hall–Kier alpha value is -1.67. The van der Waals surface area contributed by atoms with Crippen molar-refractivity contribution in [1.82, 2.24) is 0 Å². The van der Waals surface area contributed by atoms with Crippen molar-refractivity contribution in [2.75, 3.05) is 20.0 Å². The number of ether oxygens (including phenoxy) is 2. The average molecular weight is 237 g/mol. The van der Waals surface area contributed by atoms with Gasteiger partial charge in [-0.15, -0.1) is 11.8 Å². The Bertz CT molecular complexity index is 426. The number of methoxy groups -OCH3 is 2. The summed E-state index contributed by atoms with van der Waals surface area (Å²) >= 11 is 1.29. The van der Waals surface area contributed by atoms with Crippen LogP contribution in [0.25, 0.3) is 0 Å². The van der Waals surface area contributed by atoms with E-state index in [1.165, 1.54) is 26.0 Å². The molecule has 0 fully saturated rings. The number of benzene rings is 1. The third-order valence-corrected chi connectivity index (χ3v) is 2.82. The second-order valence-corrected chi connectivity index (χ2v) is 3.82. The minimum absolute atomic E-state index is 0.288. The summed E-state index contributed by atoms with van der Waals surface area (Å²) < 4.78 is 9.69. The van der Waals surface area contributed by atoms with E-state index < -0.39 is 5.97 Å². The first-order valence-electron chi connectivity index (χ1n) is 4.49. The molecule has 0 aliphatic carbocycles. The average Bonchev–Trinajstić information content (AvgIpc) is 2.35. The Balaban J connectivity index is 3.06. The van der Waals surface area contributed by atoms with E-state index >= 15 is 0 Å². The third-order valence-electron chi connectivity index (χ3n) is 1.88. The van der Waals surface area contributed by atoms with E-state index in [0.29, 0.717) is 16.2 Å². The number of carbonyl (C=O) groups is 1. The van der Waals surface area contributed by atoms with Crippen molar-refractivity contribution >= 4 is 17.7 Å². The van der Waals surface area contributed by atoms with Gasteiger partial charge in [0.1, 0.15) is 5.75 Å². The molecule has 0 aromatic heterocycles. The molecule has 0 amide bonds. The van der Waals surface area contributed by atoms with Crippen molar-refractivity contribution < 1.29 is 14.3 Å². The second kappa shape index (κ2) is 6.03. The molecule has 4 nitrogen and oxygen atoms in total. The lowest BCUT2D eigenvalue weighted by molar-refractivity contribution is 0.0596. The van der Waals surface area contributed by atoms with Crippen LogP contribution >= 0.6 is 11.8 Å². The molecule has 0 spiro atoms. The Labute approximate surface area is 98.2 Å². The maximum atomic E-state index is 11.5. The Morgan fingerprint density at radius 1 is 1.50 bits per heavy atom. The SMILES string of the molecule is COC(=O)c1cc(OC)ccc1SCC#N. The number of rotatable bonds is 4. The van der Waals surface area contributed by atoms with Gasteiger partial charge in [-0.25, -0.2) is 4.79 Å². The highest BCUT2D eigenvalue weighted by Crippen LogP contribution is 2.27. The zero-order chi connectivity index (χ0) is 12.0. The smallest absolute Gasteiger partial charge is 0.339 e. The molecule has 0 radical (unpaired) electrons. The van der Waals surface area contributed by atoms with Crippen LogP contribution in [0.4, 0.5) is 0 Å². The van der Waals surface area contributed by atoms with E-state index in [-0.39, 0.29) is 5.75 Å². The molecule has 1 aromatic carbocycles. The molecule has 0 unspecified atom stereocenters. The first kappa shape index (κ1) is 12.4. The molecule has 0 saturated heterocycles. The van der Waals surface area contributed by atoms with Crippen LogP contribution in [0, 0.1) is 11.3 Å². The lowest BCUT2D eigenvalue weighted by atomic mass is 10.2. The van der Waals surface area contributed by atoms with E-state index in [1.807, 2.05) is 6.07 Å². The minimum Gasteiger partial charge on any atom is -0.497 e. The standard InChI is InChI=1S/C11H11NO3S/c1-14-8-3-4-10(16-6-5-12)9(7-8)11(13)15-2/h3-4,7H,6H2,1-2H3. The van der Waals surface area contributed by atoms with Crippen LogP contribution in [-0.2, 0) is 4.74 Å². The molecule has 1 aromatic rings. The van der Waals surface area contributed by atoms with E-state index in [0.717, 1.165) is 0 Å². The Kier molecular flexibility index (Phi) is 4.67. The fraction of sp³-hybridized carbons (Fsp3) is 0.273. The first-order chi connectivity index (χ1) is 7.72. The van der Waals surface area contributed by atoms with Gasteiger partial charge in [-0.3, -0.25) is 0 Å². The maximum Gasteiger partial charge on any atom is 0.339 e. The molecule has 0 aliphatic rings. The Morgan fingerprint density at radius 3 is 2.81 bits per heavy atom. The van der Waals surface area contributed by atoms with Crippen molar-refractivity contribution in [3.05, 3.63) is 23.8 Å². The number of hydrogen-bond acceptors (Lipinski definition) is 5. The van der Waals surface area contributed by atoms with Crippen molar-refractivity contribution in [2.45, 2.75) is 4.90 Å². The molecule has 5 heteroatoms. The summed E-state index contributed by atoms with van der Waals surface area (Å²) in [4.78, 5) is 12.2. The van der Waals surface area contributed by atoms with Gasteiger partial charge in [0.05, 0.1) is 31.6 Å². The molecule has 0 bridgehead atoms. The van der Waals surface area contributed by atoms with Crippen molar-refractivity contribution in [3.8, 4) is 11.8 Å². The highest BCUT2D eigenvalue weighted by atomic mass is 32.2. The van der Waals surface area contributed by atoms with Crippen LogP contribution < -0.4 is 4.74 Å². The summed E-state index contributed by atoms with van der Waals surface area (Å²) in [5.74, 6) is 0.442. The quantitative estimate of drug-likeness (QED) is 0.593. The van der Waals surface area contributed by atoms with E-state index in [2.05, 4.69) is 4.74 Å². The van der Waals surface area contributed by atoms with Gasteiger partial charge >= 0.3 is 5.97 Å². The summed E-state index contributed by atoms with van der Waals surface area (Å²) in [6.07, 6.45) is 0. The van der Waals surface area contributed by atoms with Gasteiger partial charge in [-0.1, -0.05) is 0 Å². The summed E-state index contributed by atoms with van der Waals surface area (Å²) in [6.45, 7) is 0. The number of nitriles is 1. The normalized spacial score (nSPS) is 9.31. The summed E-state index contributed by atoms with van der Waals surface area (Å²) in [7, 11) is 2.85. The van der Waals surface area contributed by atoms with Gasteiger partial charge < -0.3 is 9.47 Å². The van der Waals surface area contributed by atoms with Gasteiger partial charge in [-0.2, -0.15) is 5.26 Å². The zero-order valence-electron chi connectivity index (χ0n) is 9.02. The summed E-state index contributed by atoms with van der Waals surface area (Å²) in [5.41, 5.74) is 0.419. The zero-order valence-corrected chi connectivity index (χ0v) is 9.84. The fourth-order valence-electron chi connectivity index (χ4n) is 1.14. The molecule has 0 N–H and O–H groups in total. The van der Waals surface area contributed by atoms with Gasteiger partial charge in [0.25, 0.3) is 0 Å². The largest absolute Gasteiger partial charge is 0.497 e. The van der Waals surface area contributed by atoms with Crippen LogP contribution in [0.2, 0.25) is 0 Å². The van der Waals surface area contributed by atoms with Crippen molar-refractivity contribution in [3.63, 3.8) is 0 Å². The monoisotopic (exact) mass is 237 g/mol. The van der Waals surface area contributed by atoms with Gasteiger partial charge in [0.2, 0.25) is 0 Å². The van der Waals surface area contributed by atoms with Crippen LogP contribution in [0.1, 0.15) is 10.4 Å². The molecule has 16 heavy (non-hydrogen) atoms. The van der Waals surface area contributed by atoms with Crippen LogP contribution in [0.5, 0.6) is 5.75 Å². The molecule has 0 atom stereocenters. The lowest BCUT2D eigenvalue weighted by Gasteiger charge is -2.07. The van der Waals surface area contributed by atoms with E-state index in [4.69, 9.17) is 10.00 Å². The van der Waals surface area contributed by atoms with Crippen LogP contribution in [-0.4, -0.2) is 25.9 Å². The second-order valence-electron chi connectivity index (χ2n) is 2.80.